The molecule has 0 heterocycles. The van der Waals surface area contributed by atoms with E-state index in [2.05, 4.69) is 0 Å². The lowest BCUT2D eigenvalue weighted by Crippen LogP contribution is -2.46. The highest BCUT2D eigenvalue weighted by molar-refractivity contribution is 4.79. The molecule has 0 aliphatic rings. The van der Waals surface area contributed by atoms with Crippen LogP contribution in [0.1, 0.15) is 0 Å². The molecule has 0 fully saturated rings. The summed E-state index contributed by atoms with van der Waals surface area (Å²) in [5.41, 5.74) is 0. The van der Waals surface area contributed by atoms with E-state index in [1.807, 2.05) is 0 Å². The van der Waals surface area contributed by atoms with Gasteiger partial charge in [-0.2, -0.15) is 0 Å². The predicted octanol–water partition coefficient (Wildman–Crippen LogP) is -3.59. The van der Waals surface area contributed by atoms with Crippen LogP contribution in [0.25, 0.3) is 0 Å². The number of hydrogen-bond donors (Lipinski definition) is 6. The van der Waals surface area contributed by atoms with Gasteiger partial charge in [-0.3, -0.25) is 0 Å². The van der Waals surface area contributed by atoms with Crippen LogP contribution in [0.15, 0.2) is 0 Å². The molecule has 0 rings (SSSR count). The van der Waals surface area contributed by atoms with E-state index >= 15 is 0 Å². The molecule has 0 aromatic heterocycles. The summed E-state index contributed by atoms with van der Waals surface area (Å²) >= 11 is 0. The third-order valence-electron chi connectivity index (χ3n) is 1.51. The Hall–Kier alpha value is -0.240. The van der Waals surface area contributed by atoms with E-state index in [-0.39, 0.29) is 0 Å². The largest absolute Gasteiger partial charge is 0.394 e. The van der Waals surface area contributed by atoms with Crippen LogP contribution in [-0.2, 0) is 0 Å². The van der Waals surface area contributed by atoms with Gasteiger partial charge in [-0.25, -0.2) is 0 Å². The second-order valence-corrected chi connectivity index (χ2v) is 2.48. The van der Waals surface area contributed by atoms with Gasteiger partial charge in [-0.05, 0) is 0 Å². The fourth-order valence-electron chi connectivity index (χ4n) is 0.671. The van der Waals surface area contributed by atoms with Crippen molar-refractivity contribution >= 4 is 0 Å². The average Bonchev–Trinajstić information content (AvgIpc) is 2.12. The van der Waals surface area contributed by atoms with Crippen molar-refractivity contribution in [2.45, 2.75) is 24.4 Å². The molecule has 6 nitrogen and oxygen atoms in total. The van der Waals surface area contributed by atoms with Gasteiger partial charge in [0.1, 0.15) is 24.4 Å². The summed E-state index contributed by atoms with van der Waals surface area (Å²) in [6.07, 6.45) is -6.39. The van der Waals surface area contributed by atoms with Crippen LogP contribution in [0.3, 0.4) is 0 Å². The van der Waals surface area contributed by atoms with E-state index in [0.29, 0.717) is 0 Å². The van der Waals surface area contributed by atoms with Gasteiger partial charge in [0.05, 0.1) is 13.2 Å². The summed E-state index contributed by atoms with van der Waals surface area (Å²) in [5, 5.41) is 52.2. The highest BCUT2D eigenvalue weighted by Gasteiger charge is 2.29. The van der Waals surface area contributed by atoms with Crippen LogP contribution < -0.4 is 0 Å². The van der Waals surface area contributed by atoms with Crippen LogP contribution in [-0.4, -0.2) is 68.3 Å². The number of aliphatic hydroxyl groups is 6. The third kappa shape index (κ3) is 3.02. The van der Waals surface area contributed by atoms with Gasteiger partial charge in [0.2, 0.25) is 0 Å². The minimum absolute atomic E-state index is 0.726. The van der Waals surface area contributed by atoms with Gasteiger partial charge in [0.25, 0.3) is 0 Å². The van der Waals surface area contributed by atoms with Crippen LogP contribution >= 0.6 is 0 Å². The monoisotopic (exact) mass is 183 g/mol. The maximum absolute atomic E-state index is 8.96. The molecule has 0 aromatic carbocycles. The Morgan fingerprint density at radius 3 is 1.08 bits per heavy atom. The minimum Gasteiger partial charge on any atom is -0.394 e. The van der Waals surface area contributed by atoms with Crippen LogP contribution in [0.5, 0.6) is 0 Å². The van der Waals surface area contributed by atoms with Gasteiger partial charge in [0, 0.05) is 0 Å². The molecule has 0 unspecified atom stereocenters. The van der Waals surface area contributed by atoms with Crippen molar-refractivity contribution in [1.29, 1.82) is 0 Å². The molecule has 12 heavy (non-hydrogen) atoms. The van der Waals surface area contributed by atoms with E-state index in [0.717, 1.165) is 0 Å². The van der Waals surface area contributed by atoms with E-state index in [1.165, 1.54) is 0 Å². The molecule has 6 heteroatoms. The van der Waals surface area contributed by atoms with Gasteiger partial charge in [-0.15, -0.1) is 0 Å². The van der Waals surface area contributed by atoms with Crippen molar-refractivity contribution in [3.05, 3.63) is 0 Å². The SMILES string of the molecule is OC[C@H](O)[C@@H](O)[C@@H](O)[C@H](O)[13CH2]O. The second kappa shape index (κ2) is 5.41. The van der Waals surface area contributed by atoms with Crippen molar-refractivity contribution in [2.75, 3.05) is 13.2 Å². The quantitative estimate of drug-likeness (QED) is 0.245. The van der Waals surface area contributed by atoms with Crippen molar-refractivity contribution in [3.8, 4) is 0 Å². The summed E-state index contributed by atoms with van der Waals surface area (Å²) < 4.78 is 0. The molecular formula is C6H14O6. The molecule has 4 atom stereocenters. The third-order valence-corrected chi connectivity index (χ3v) is 1.51. The zero-order valence-electron chi connectivity index (χ0n) is 6.41. The van der Waals surface area contributed by atoms with Crippen LogP contribution in [0.2, 0.25) is 0 Å². The minimum atomic E-state index is -1.67. The molecule has 0 aliphatic heterocycles. The molecule has 74 valence electrons. The highest BCUT2D eigenvalue weighted by Crippen LogP contribution is 2.03. The molecule has 0 spiro atoms. The average molecular weight is 183 g/mol. The zero-order chi connectivity index (χ0) is 9.72. The smallest absolute Gasteiger partial charge is 0.111 e. The van der Waals surface area contributed by atoms with Gasteiger partial charge in [0.15, 0.2) is 0 Å². The van der Waals surface area contributed by atoms with Crippen molar-refractivity contribution in [3.63, 3.8) is 0 Å². The van der Waals surface area contributed by atoms with Gasteiger partial charge >= 0.3 is 0 Å². The lowest BCUT2D eigenvalue weighted by atomic mass is 10.1. The van der Waals surface area contributed by atoms with E-state index in [9.17, 15) is 0 Å². The van der Waals surface area contributed by atoms with Crippen LogP contribution in [0.4, 0.5) is 0 Å². The number of rotatable bonds is 5. The zero-order valence-corrected chi connectivity index (χ0v) is 6.41. The summed E-state index contributed by atoms with van der Waals surface area (Å²) in [4.78, 5) is 0. The molecule has 6 N–H and O–H groups in total. The molecule has 0 bridgehead atoms. The van der Waals surface area contributed by atoms with E-state index < -0.39 is 37.6 Å². The summed E-state index contributed by atoms with van der Waals surface area (Å²) in [5.74, 6) is 0. The summed E-state index contributed by atoms with van der Waals surface area (Å²) in [6.45, 7) is -1.45. The molecular weight excluding hydrogens is 169 g/mol. The van der Waals surface area contributed by atoms with Gasteiger partial charge in [-0.1, -0.05) is 0 Å². The predicted molar refractivity (Wildman–Crippen MR) is 38.2 cm³/mol. The number of hydrogen-bond acceptors (Lipinski definition) is 6. The lowest BCUT2D eigenvalue weighted by molar-refractivity contribution is -0.123. The molecule has 0 radical (unpaired) electrons. The Kier molecular flexibility index (Phi) is 5.31. The Balaban J connectivity index is 3.99. The Bertz CT molecular complexity index is 105. The normalized spacial score (nSPS) is 21.5. The fourth-order valence-corrected chi connectivity index (χ4v) is 0.671. The van der Waals surface area contributed by atoms with Crippen molar-refractivity contribution in [1.82, 2.24) is 0 Å². The van der Waals surface area contributed by atoms with E-state index in [1.54, 1.807) is 0 Å². The maximum atomic E-state index is 8.96. The topological polar surface area (TPSA) is 121 Å². The highest BCUT2D eigenvalue weighted by atomic mass is 16.4. The first-order valence-corrected chi connectivity index (χ1v) is 3.48. The summed E-state index contributed by atoms with van der Waals surface area (Å²) in [6, 6.07) is 0. The van der Waals surface area contributed by atoms with Crippen molar-refractivity contribution in [2.24, 2.45) is 0 Å². The fraction of sp³-hybridized carbons (Fsp3) is 1.00. The first kappa shape index (κ1) is 11.8. The van der Waals surface area contributed by atoms with Gasteiger partial charge < -0.3 is 30.6 Å². The first-order valence-electron chi connectivity index (χ1n) is 3.48. The van der Waals surface area contributed by atoms with E-state index in [4.69, 9.17) is 30.6 Å². The number of aliphatic hydroxyl groups excluding tert-OH is 6. The first-order chi connectivity index (χ1) is 5.54. The molecule has 0 amide bonds. The van der Waals surface area contributed by atoms with Crippen LogP contribution in [0, 0.1) is 0 Å². The van der Waals surface area contributed by atoms with Crippen molar-refractivity contribution < 1.29 is 30.6 Å². The Morgan fingerprint density at radius 1 is 0.667 bits per heavy atom. The maximum Gasteiger partial charge on any atom is 0.111 e. The molecule has 0 saturated heterocycles. The lowest BCUT2D eigenvalue weighted by Gasteiger charge is -2.24. The molecule has 0 saturated carbocycles. The standard InChI is InChI=1S/C6H14O6/c7-1-3(9)5(11)6(12)4(10)2-8/h3-12H,1-2H2/t3-,4+,5+,6-/i1+1/m1/s1. The second-order valence-electron chi connectivity index (χ2n) is 2.48. The molecule has 0 aliphatic carbocycles. The Morgan fingerprint density at radius 2 is 0.917 bits per heavy atom. The Labute approximate surface area is 69.3 Å². The molecule has 0 aromatic rings. The summed E-state index contributed by atoms with van der Waals surface area (Å²) in [7, 11) is 0.